The Labute approximate surface area is 135 Å². The van der Waals surface area contributed by atoms with Gasteiger partial charge in [0.15, 0.2) is 0 Å². The fraction of sp³-hybridized carbons (Fsp3) is 0.824. The monoisotopic (exact) mass is 311 g/mol. The van der Waals surface area contributed by atoms with E-state index in [0.717, 1.165) is 24.5 Å². The molecule has 120 valence electrons. The maximum atomic E-state index is 6.17. The van der Waals surface area contributed by atoms with Crippen molar-refractivity contribution in [3.63, 3.8) is 0 Å². The molecule has 21 heavy (non-hydrogen) atoms. The molecular formula is C17H30ClN3. The molecule has 0 amide bonds. The normalized spacial score (nSPS) is 12.7. The second-order valence-corrected chi connectivity index (χ2v) is 7.56. The molecule has 0 spiro atoms. The molecule has 3 nitrogen and oxygen atoms in total. The van der Waals surface area contributed by atoms with E-state index in [2.05, 4.69) is 51.5 Å². The lowest BCUT2D eigenvalue weighted by atomic mass is 9.84. The Balaban J connectivity index is 3.09. The third kappa shape index (κ3) is 5.21. The third-order valence-corrected chi connectivity index (χ3v) is 4.30. The summed E-state index contributed by atoms with van der Waals surface area (Å²) in [6, 6.07) is 0. The zero-order valence-corrected chi connectivity index (χ0v) is 15.2. The molecule has 0 atom stereocenters. The molecule has 0 bridgehead atoms. The first-order valence-electron chi connectivity index (χ1n) is 8.15. The third-order valence-electron chi connectivity index (χ3n) is 4.13. The number of unbranched alkanes of at least 4 members (excludes halogenated alkanes) is 2. The molecule has 0 saturated heterocycles. The highest BCUT2D eigenvalue weighted by atomic mass is 35.5. The second kappa shape index (κ2) is 7.53. The first-order valence-corrected chi connectivity index (χ1v) is 8.53. The van der Waals surface area contributed by atoms with Crippen LogP contribution in [0.25, 0.3) is 0 Å². The minimum absolute atomic E-state index is 0.0574. The second-order valence-electron chi connectivity index (χ2n) is 7.23. The van der Waals surface area contributed by atoms with E-state index in [0.29, 0.717) is 5.28 Å². The molecule has 0 saturated carbocycles. The van der Waals surface area contributed by atoms with Crippen molar-refractivity contribution in [1.82, 2.24) is 15.0 Å². The van der Waals surface area contributed by atoms with Crippen molar-refractivity contribution in [2.45, 2.75) is 90.9 Å². The van der Waals surface area contributed by atoms with Gasteiger partial charge in [-0.2, -0.15) is 0 Å². The summed E-state index contributed by atoms with van der Waals surface area (Å²) < 4.78 is 0. The van der Waals surface area contributed by atoms with Crippen LogP contribution in [0.4, 0.5) is 0 Å². The first kappa shape index (κ1) is 18.3. The van der Waals surface area contributed by atoms with Crippen molar-refractivity contribution >= 4 is 11.6 Å². The molecule has 0 unspecified atom stereocenters. The Morgan fingerprint density at radius 1 is 0.762 bits per heavy atom. The summed E-state index contributed by atoms with van der Waals surface area (Å²) in [7, 11) is 0. The molecule has 1 aromatic heterocycles. The van der Waals surface area contributed by atoms with Crippen LogP contribution in [0.15, 0.2) is 0 Å². The lowest BCUT2D eigenvalue weighted by Crippen LogP contribution is -2.27. The minimum atomic E-state index is -0.0574. The summed E-state index contributed by atoms with van der Waals surface area (Å²) in [5, 5.41) is 0.323. The lowest BCUT2D eigenvalue weighted by molar-refractivity contribution is 0.399. The van der Waals surface area contributed by atoms with Crippen LogP contribution in [0, 0.1) is 0 Å². The van der Waals surface area contributed by atoms with E-state index in [4.69, 9.17) is 16.6 Å². The summed E-state index contributed by atoms with van der Waals surface area (Å²) in [6.45, 7) is 13.2. The van der Waals surface area contributed by atoms with Crippen molar-refractivity contribution in [2.24, 2.45) is 0 Å². The predicted molar refractivity (Wildman–Crippen MR) is 89.9 cm³/mol. The molecule has 0 fully saturated rings. The van der Waals surface area contributed by atoms with Crippen LogP contribution in [0.2, 0.25) is 5.28 Å². The zero-order valence-electron chi connectivity index (χ0n) is 14.5. The molecule has 0 aliphatic rings. The average Bonchev–Trinajstić information content (AvgIpc) is 2.42. The van der Waals surface area contributed by atoms with Gasteiger partial charge in [-0.25, -0.2) is 15.0 Å². The van der Waals surface area contributed by atoms with Gasteiger partial charge >= 0.3 is 0 Å². The van der Waals surface area contributed by atoms with Gasteiger partial charge in [0.2, 0.25) is 5.28 Å². The van der Waals surface area contributed by atoms with Crippen LogP contribution in [0.1, 0.15) is 91.7 Å². The van der Waals surface area contributed by atoms with Gasteiger partial charge in [0.25, 0.3) is 0 Å². The summed E-state index contributed by atoms with van der Waals surface area (Å²) in [4.78, 5) is 13.6. The van der Waals surface area contributed by atoms with E-state index in [1.54, 1.807) is 0 Å². The van der Waals surface area contributed by atoms with Crippen molar-refractivity contribution in [2.75, 3.05) is 0 Å². The quantitative estimate of drug-likeness (QED) is 0.639. The molecule has 0 aromatic carbocycles. The summed E-state index contributed by atoms with van der Waals surface area (Å²) in [5.41, 5.74) is -0.115. The largest absolute Gasteiger partial charge is 0.225 e. The van der Waals surface area contributed by atoms with Crippen LogP contribution in [0.5, 0.6) is 0 Å². The highest BCUT2D eigenvalue weighted by molar-refractivity contribution is 6.28. The average molecular weight is 312 g/mol. The van der Waals surface area contributed by atoms with Crippen LogP contribution < -0.4 is 0 Å². The molecular weight excluding hydrogens is 282 g/mol. The maximum Gasteiger partial charge on any atom is 0.225 e. The van der Waals surface area contributed by atoms with E-state index in [-0.39, 0.29) is 10.8 Å². The van der Waals surface area contributed by atoms with Gasteiger partial charge in [-0.3, -0.25) is 0 Å². The summed E-state index contributed by atoms with van der Waals surface area (Å²) >= 11 is 6.17. The van der Waals surface area contributed by atoms with Crippen LogP contribution >= 0.6 is 11.6 Å². The number of rotatable bonds is 8. The molecule has 1 rings (SSSR count). The fourth-order valence-electron chi connectivity index (χ4n) is 2.42. The highest BCUT2D eigenvalue weighted by Crippen LogP contribution is 2.31. The first-order chi connectivity index (χ1) is 9.73. The molecule has 0 N–H and O–H groups in total. The van der Waals surface area contributed by atoms with E-state index < -0.39 is 0 Å². The Morgan fingerprint density at radius 3 is 1.48 bits per heavy atom. The highest BCUT2D eigenvalue weighted by Gasteiger charge is 2.29. The topological polar surface area (TPSA) is 38.7 Å². The van der Waals surface area contributed by atoms with Gasteiger partial charge in [0.05, 0.1) is 0 Å². The summed E-state index contributed by atoms with van der Waals surface area (Å²) in [6.07, 6.45) is 6.83. The van der Waals surface area contributed by atoms with Crippen LogP contribution in [-0.2, 0) is 10.8 Å². The van der Waals surface area contributed by atoms with E-state index in [1.165, 1.54) is 25.7 Å². The SMILES string of the molecule is CCCCC(C)(C)c1nc(Cl)nc(C(C)(C)CCCC)n1. The Hall–Kier alpha value is -0.700. The van der Waals surface area contributed by atoms with Gasteiger partial charge < -0.3 is 0 Å². The fourth-order valence-corrected chi connectivity index (χ4v) is 2.58. The molecule has 0 aliphatic heterocycles. The summed E-state index contributed by atoms with van der Waals surface area (Å²) in [5.74, 6) is 1.66. The smallest absolute Gasteiger partial charge is 0.217 e. The van der Waals surface area contributed by atoms with Crippen LogP contribution in [-0.4, -0.2) is 15.0 Å². The van der Waals surface area contributed by atoms with Crippen LogP contribution in [0.3, 0.4) is 0 Å². The predicted octanol–water partition coefficient (Wildman–Crippen LogP) is 5.46. The minimum Gasteiger partial charge on any atom is -0.217 e. The van der Waals surface area contributed by atoms with Gasteiger partial charge in [0, 0.05) is 10.8 Å². The molecule has 1 aromatic rings. The Bertz CT molecular complexity index is 417. The van der Waals surface area contributed by atoms with Gasteiger partial charge in [-0.1, -0.05) is 67.2 Å². The number of hydrogen-bond acceptors (Lipinski definition) is 3. The Morgan fingerprint density at radius 2 is 1.14 bits per heavy atom. The molecule has 1 heterocycles. The molecule has 4 heteroatoms. The number of aromatic nitrogens is 3. The number of nitrogens with zero attached hydrogens (tertiary/aromatic N) is 3. The molecule has 0 aliphatic carbocycles. The van der Waals surface area contributed by atoms with E-state index in [9.17, 15) is 0 Å². The van der Waals surface area contributed by atoms with Crippen molar-refractivity contribution < 1.29 is 0 Å². The lowest BCUT2D eigenvalue weighted by Gasteiger charge is -2.27. The van der Waals surface area contributed by atoms with Crippen molar-refractivity contribution in [3.05, 3.63) is 16.9 Å². The molecule has 0 radical (unpaired) electrons. The number of hydrogen-bond donors (Lipinski definition) is 0. The van der Waals surface area contributed by atoms with Gasteiger partial charge in [-0.05, 0) is 24.4 Å². The standard InChI is InChI=1S/C17H30ClN3/c1-7-9-11-16(3,4)13-19-14(21-15(18)20-13)17(5,6)12-10-8-2/h7-12H2,1-6H3. The number of halogens is 1. The van der Waals surface area contributed by atoms with Crippen molar-refractivity contribution in [1.29, 1.82) is 0 Å². The zero-order chi connectivity index (χ0) is 16.1. The van der Waals surface area contributed by atoms with E-state index >= 15 is 0 Å². The van der Waals surface area contributed by atoms with Crippen molar-refractivity contribution in [3.8, 4) is 0 Å². The van der Waals surface area contributed by atoms with E-state index in [1.807, 2.05) is 0 Å². The van der Waals surface area contributed by atoms with Gasteiger partial charge in [0.1, 0.15) is 11.6 Å². The maximum absolute atomic E-state index is 6.17. The Kier molecular flexibility index (Phi) is 6.58. The van der Waals surface area contributed by atoms with Gasteiger partial charge in [-0.15, -0.1) is 0 Å².